The van der Waals surface area contributed by atoms with E-state index in [4.69, 9.17) is 4.42 Å². The number of hydrogen-bond acceptors (Lipinski definition) is 1. The van der Waals surface area contributed by atoms with Crippen molar-refractivity contribution in [2.45, 2.75) is 19.3 Å². The highest BCUT2D eigenvalue weighted by Crippen LogP contribution is 2.53. The lowest BCUT2D eigenvalue weighted by molar-refractivity contribution is 0.647. The summed E-state index contributed by atoms with van der Waals surface area (Å²) in [7, 11) is 0. The van der Waals surface area contributed by atoms with Gasteiger partial charge in [-0.1, -0.05) is 111 Å². The molecule has 1 aliphatic rings. The summed E-state index contributed by atoms with van der Waals surface area (Å²) in [5.74, 6) is 0. The van der Waals surface area contributed by atoms with E-state index in [1.54, 1.807) is 0 Å². The molecule has 11 rings (SSSR count). The molecule has 0 atom stereocenters. The first-order valence-corrected chi connectivity index (χ1v) is 17.1. The Morgan fingerprint density at radius 3 is 1.88 bits per heavy atom. The predicted octanol–water partition coefficient (Wildman–Crippen LogP) is 13.0. The Hall–Kier alpha value is -6.12. The summed E-state index contributed by atoms with van der Waals surface area (Å²) in [6, 6.07) is 55.7. The number of nitrogens with zero attached hydrogens (tertiary/aromatic N) is 1. The van der Waals surface area contributed by atoms with Crippen LogP contribution in [0.15, 0.2) is 156 Å². The van der Waals surface area contributed by atoms with Gasteiger partial charge in [-0.05, 0) is 110 Å². The Morgan fingerprint density at radius 1 is 0.429 bits per heavy atom. The Labute approximate surface area is 283 Å². The Morgan fingerprint density at radius 2 is 1.06 bits per heavy atom. The maximum atomic E-state index is 6.35. The molecule has 8 aromatic carbocycles. The highest BCUT2D eigenvalue weighted by Gasteiger charge is 2.37. The summed E-state index contributed by atoms with van der Waals surface area (Å²) in [6.07, 6.45) is 0. The lowest BCUT2D eigenvalue weighted by atomic mass is 9.82. The average molecular weight is 626 g/mol. The maximum Gasteiger partial charge on any atom is 0.135 e. The quantitative estimate of drug-likeness (QED) is 0.175. The lowest BCUT2D eigenvalue weighted by Gasteiger charge is -2.21. The molecule has 10 aromatic rings. The molecule has 2 nitrogen and oxygen atoms in total. The van der Waals surface area contributed by atoms with E-state index in [0.717, 1.165) is 16.9 Å². The van der Waals surface area contributed by atoms with Gasteiger partial charge in [-0.25, -0.2) is 0 Å². The topological polar surface area (TPSA) is 18.1 Å². The third-order valence-electron chi connectivity index (χ3n) is 11.2. The van der Waals surface area contributed by atoms with Crippen LogP contribution < -0.4 is 0 Å². The van der Waals surface area contributed by atoms with E-state index in [1.165, 1.54) is 87.5 Å². The first-order valence-electron chi connectivity index (χ1n) is 17.1. The van der Waals surface area contributed by atoms with Crippen LogP contribution in [0.3, 0.4) is 0 Å². The van der Waals surface area contributed by atoms with Crippen molar-refractivity contribution in [1.29, 1.82) is 0 Å². The Balaban J connectivity index is 1.11. The smallest absolute Gasteiger partial charge is 0.135 e. The summed E-state index contributed by atoms with van der Waals surface area (Å²) in [5, 5.41) is 10.0. The van der Waals surface area contributed by atoms with Gasteiger partial charge >= 0.3 is 0 Å². The van der Waals surface area contributed by atoms with Crippen molar-refractivity contribution < 1.29 is 4.42 Å². The molecule has 0 unspecified atom stereocenters. The van der Waals surface area contributed by atoms with E-state index in [9.17, 15) is 0 Å². The molecule has 2 heteroatoms. The molecule has 0 radical (unpaired) electrons. The summed E-state index contributed by atoms with van der Waals surface area (Å²) >= 11 is 0. The minimum atomic E-state index is -0.172. The molecule has 0 aliphatic heterocycles. The Bertz CT molecular complexity index is 3010. The molecule has 0 saturated carbocycles. The van der Waals surface area contributed by atoms with Gasteiger partial charge in [-0.15, -0.1) is 0 Å². The van der Waals surface area contributed by atoms with Gasteiger partial charge in [0.05, 0.1) is 11.0 Å². The van der Waals surface area contributed by atoms with Crippen LogP contribution >= 0.6 is 0 Å². The second-order valence-corrected chi connectivity index (χ2v) is 14.1. The number of para-hydroxylation sites is 2. The predicted molar refractivity (Wildman–Crippen MR) is 206 cm³/mol. The molecule has 0 saturated heterocycles. The van der Waals surface area contributed by atoms with Gasteiger partial charge in [0.1, 0.15) is 11.2 Å². The standard InChI is InChI=1S/C47H31NO/c1-47(2)41-26-44-39(24-37(41)38-25-40-35-16-8-10-18-45(35)49-46(40)27-42(38)47)34-15-7-9-17-43(34)48(44)30-21-19-28(20-22-30)36-23-29-11-3-4-12-31(29)32-13-5-6-14-33(32)36/h3-27H,1-2H3. The number of aromatic nitrogens is 1. The number of furan rings is 1. The largest absolute Gasteiger partial charge is 0.456 e. The summed E-state index contributed by atoms with van der Waals surface area (Å²) in [5.41, 5.74) is 13.1. The van der Waals surface area contributed by atoms with Gasteiger partial charge < -0.3 is 8.98 Å². The van der Waals surface area contributed by atoms with Gasteiger partial charge in [-0.2, -0.15) is 0 Å². The first-order chi connectivity index (χ1) is 24.0. The van der Waals surface area contributed by atoms with Gasteiger partial charge in [0.25, 0.3) is 0 Å². The van der Waals surface area contributed by atoms with E-state index in [1.807, 2.05) is 6.07 Å². The SMILES string of the molecule is CC1(C)c2cc3oc4ccccc4c3cc2-c2cc3c4ccccc4n(-c4ccc(-c5cc6ccccc6c6ccccc56)cc4)c3cc21. The molecule has 0 N–H and O–H groups in total. The van der Waals surface area contributed by atoms with Crippen molar-refractivity contribution in [2.24, 2.45) is 0 Å². The van der Waals surface area contributed by atoms with Crippen LogP contribution in [0.4, 0.5) is 0 Å². The molecule has 1 aliphatic carbocycles. The minimum absolute atomic E-state index is 0.172. The fourth-order valence-corrected chi connectivity index (χ4v) is 8.77. The van der Waals surface area contributed by atoms with Crippen molar-refractivity contribution >= 4 is 65.3 Å². The summed E-state index contributed by atoms with van der Waals surface area (Å²) < 4.78 is 8.80. The van der Waals surface area contributed by atoms with E-state index in [2.05, 4.69) is 164 Å². The average Bonchev–Trinajstić information content (AvgIpc) is 3.75. The molecule has 0 bridgehead atoms. The normalized spacial score (nSPS) is 13.7. The number of benzene rings is 8. The van der Waals surface area contributed by atoms with Crippen molar-refractivity contribution in [2.75, 3.05) is 0 Å². The molecule has 49 heavy (non-hydrogen) atoms. The van der Waals surface area contributed by atoms with E-state index in [-0.39, 0.29) is 5.41 Å². The third kappa shape index (κ3) is 3.61. The molecule has 0 amide bonds. The number of rotatable bonds is 2. The van der Waals surface area contributed by atoms with E-state index < -0.39 is 0 Å². The molecular formula is C47H31NO. The molecule has 0 spiro atoms. The van der Waals surface area contributed by atoms with E-state index >= 15 is 0 Å². The Kier molecular flexibility index (Phi) is 5.21. The van der Waals surface area contributed by atoms with Crippen LogP contribution in [0.2, 0.25) is 0 Å². The van der Waals surface area contributed by atoms with Crippen LogP contribution in [-0.4, -0.2) is 4.57 Å². The van der Waals surface area contributed by atoms with Crippen LogP contribution in [-0.2, 0) is 5.41 Å². The second kappa shape index (κ2) is 9.49. The van der Waals surface area contributed by atoms with Gasteiger partial charge in [0, 0.05) is 32.6 Å². The number of hydrogen-bond donors (Lipinski definition) is 0. The molecular weight excluding hydrogens is 595 g/mol. The van der Waals surface area contributed by atoms with Crippen molar-refractivity contribution in [3.05, 3.63) is 163 Å². The van der Waals surface area contributed by atoms with Gasteiger partial charge in [0.15, 0.2) is 0 Å². The second-order valence-electron chi connectivity index (χ2n) is 14.1. The summed E-state index contributed by atoms with van der Waals surface area (Å²) in [4.78, 5) is 0. The minimum Gasteiger partial charge on any atom is -0.456 e. The third-order valence-corrected chi connectivity index (χ3v) is 11.2. The van der Waals surface area contributed by atoms with Crippen LogP contribution in [0.5, 0.6) is 0 Å². The zero-order valence-corrected chi connectivity index (χ0v) is 27.3. The van der Waals surface area contributed by atoms with Gasteiger partial charge in [-0.3, -0.25) is 0 Å². The van der Waals surface area contributed by atoms with E-state index in [0.29, 0.717) is 0 Å². The molecule has 2 heterocycles. The van der Waals surface area contributed by atoms with Gasteiger partial charge in [0.2, 0.25) is 0 Å². The molecule has 0 fully saturated rings. The monoisotopic (exact) mass is 625 g/mol. The fraction of sp³-hybridized carbons (Fsp3) is 0.0638. The van der Waals surface area contributed by atoms with Crippen LogP contribution in [0.1, 0.15) is 25.0 Å². The zero-order chi connectivity index (χ0) is 32.4. The molecule has 230 valence electrons. The first kappa shape index (κ1) is 26.9. The number of fused-ring (bicyclic) bond motifs is 12. The highest BCUT2D eigenvalue weighted by atomic mass is 16.3. The maximum absolute atomic E-state index is 6.35. The zero-order valence-electron chi connectivity index (χ0n) is 27.3. The van der Waals surface area contributed by atoms with Crippen LogP contribution in [0, 0.1) is 0 Å². The van der Waals surface area contributed by atoms with Crippen molar-refractivity contribution in [3.8, 4) is 27.9 Å². The molecule has 2 aromatic heterocycles. The lowest BCUT2D eigenvalue weighted by Crippen LogP contribution is -2.15. The fourth-order valence-electron chi connectivity index (χ4n) is 8.77. The van der Waals surface area contributed by atoms with Crippen LogP contribution in [0.25, 0.3) is 93.2 Å². The van der Waals surface area contributed by atoms with Crippen molar-refractivity contribution in [3.63, 3.8) is 0 Å². The van der Waals surface area contributed by atoms with Crippen molar-refractivity contribution in [1.82, 2.24) is 4.57 Å². The highest BCUT2D eigenvalue weighted by molar-refractivity contribution is 6.15. The summed E-state index contributed by atoms with van der Waals surface area (Å²) in [6.45, 7) is 4.71.